The van der Waals surface area contributed by atoms with Crippen molar-refractivity contribution in [1.82, 2.24) is 0 Å². The van der Waals surface area contributed by atoms with E-state index >= 15 is 0 Å². The van der Waals surface area contributed by atoms with Gasteiger partial charge in [-0.3, -0.25) is 0 Å². The summed E-state index contributed by atoms with van der Waals surface area (Å²) in [4.78, 5) is 0. The fourth-order valence-electron chi connectivity index (χ4n) is 1.65. The summed E-state index contributed by atoms with van der Waals surface area (Å²) in [5.74, 6) is 0. The molecular weight excluding hydrogens is 277 g/mol. The molecule has 17 heavy (non-hydrogen) atoms. The number of hydrogen-bond donors (Lipinski definition) is 1. The molecule has 2 N–H and O–H groups in total. The van der Waals surface area contributed by atoms with E-state index in [0.717, 1.165) is 11.1 Å². The van der Waals surface area contributed by atoms with Crippen molar-refractivity contribution in [2.24, 2.45) is 5.73 Å². The number of nitrogens with two attached hydrogens (primary N) is 1. The minimum atomic E-state index is -0.353. The van der Waals surface area contributed by atoms with Gasteiger partial charge in [-0.2, -0.15) is 0 Å². The van der Waals surface area contributed by atoms with E-state index in [4.69, 9.17) is 40.5 Å². The van der Waals surface area contributed by atoms with Crippen LogP contribution in [0.2, 0.25) is 15.1 Å². The van der Waals surface area contributed by atoms with Crippen molar-refractivity contribution in [2.45, 2.75) is 6.04 Å². The van der Waals surface area contributed by atoms with Crippen LogP contribution in [0.4, 0.5) is 0 Å². The normalized spacial score (nSPS) is 12.5. The van der Waals surface area contributed by atoms with Gasteiger partial charge in [0, 0.05) is 15.1 Å². The lowest BCUT2D eigenvalue weighted by Crippen LogP contribution is -2.12. The molecule has 0 fully saturated rings. The van der Waals surface area contributed by atoms with Gasteiger partial charge in [0.15, 0.2) is 0 Å². The zero-order valence-electron chi connectivity index (χ0n) is 8.83. The van der Waals surface area contributed by atoms with Crippen LogP contribution in [-0.2, 0) is 0 Å². The van der Waals surface area contributed by atoms with E-state index in [1.165, 1.54) is 0 Å². The highest BCUT2D eigenvalue weighted by atomic mass is 35.5. The first-order chi connectivity index (χ1) is 8.09. The van der Waals surface area contributed by atoms with E-state index in [-0.39, 0.29) is 6.04 Å². The maximum Gasteiger partial charge on any atom is 0.0581 e. The second kappa shape index (κ2) is 5.28. The summed E-state index contributed by atoms with van der Waals surface area (Å²) >= 11 is 18.1. The molecule has 0 saturated heterocycles. The van der Waals surface area contributed by atoms with Gasteiger partial charge in [-0.05, 0) is 29.3 Å². The second-order valence-corrected chi connectivity index (χ2v) is 4.92. The van der Waals surface area contributed by atoms with E-state index in [9.17, 15) is 0 Å². The Morgan fingerprint density at radius 2 is 1.47 bits per heavy atom. The highest BCUT2D eigenvalue weighted by Gasteiger charge is 2.15. The molecule has 0 amide bonds. The maximum atomic E-state index is 6.16. The Hall–Kier alpha value is -0.730. The first kappa shape index (κ1) is 12.7. The fourth-order valence-corrected chi connectivity index (χ4v) is 2.43. The highest BCUT2D eigenvalue weighted by Crippen LogP contribution is 2.31. The van der Waals surface area contributed by atoms with Crippen LogP contribution in [0.3, 0.4) is 0 Å². The summed E-state index contributed by atoms with van der Waals surface area (Å²) in [5.41, 5.74) is 7.81. The third kappa shape index (κ3) is 2.75. The molecule has 1 atom stereocenters. The van der Waals surface area contributed by atoms with Crippen LogP contribution < -0.4 is 5.73 Å². The summed E-state index contributed by atoms with van der Waals surface area (Å²) in [6.45, 7) is 0. The molecule has 0 heterocycles. The van der Waals surface area contributed by atoms with Crippen LogP contribution in [0.15, 0.2) is 42.5 Å². The zero-order valence-corrected chi connectivity index (χ0v) is 11.1. The first-order valence-corrected chi connectivity index (χ1v) is 6.18. The third-order valence-electron chi connectivity index (χ3n) is 2.54. The molecule has 88 valence electrons. The van der Waals surface area contributed by atoms with E-state index < -0.39 is 0 Å². The smallest absolute Gasteiger partial charge is 0.0581 e. The third-order valence-corrected chi connectivity index (χ3v) is 3.44. The highest BCUT2D eigenvalue weighted by molar-refractivity contribution is 6.35. The Kier molecular flexibility index (Phi) is 3.95. The van der Waals surface area contributed by atoms with Gasteiger partial charge in [0.25, 0.3) is 0 Å². The summed E-state index contributed by atoms with van der Waals surface area (Å²) in [6.07, 6.45) is 0. The minimum absolute atomic E-state index is 0.353. The molecule has 0 aromatic heterocycles. The Bertz CT molecular complexity index is 540. The quantitative estimate of drug-likeness (QED) is 0.851. The van der Waals surface area contributed by atoms with E-state index in [2.05, 4.69) is 0 Å². The molecule has 0 aliphatic carbocycles. The van der Waals surface area contributed by atoms with Gasteiger partial charge < -0.3 is 5.73 Å². The molecule has 2 aromatic carbocycles. The molecular formula is C13H10Cl3N. The molecule has 1 unspecified atom stereocenters. The zero-order chi connectivity index (χ0) is 12.4. The van der Waals surface area contributed by atoms with E-state index in [1.807, 2.05) is 24.3 Å². The molecule has 0 saturated carbocycles. The van der Waals surface area contributed by atoms with Crippen molar-refractivity contribution >= 4 is 34.8 Å². The molecule has 0 bridgehead atoms. The average Bonchev–Trinajstić information content (AvgIpc) is 2.29. The van der Waals surface area contributed by atoms with Crippen LogP contribution in [0, 0.1) is 0 Å². The molecule has 0 radical (unpaired) electrons. The summed E-state index contributed by atoms with van der Waals surface area (Å²) in [7, 11) is 0. The molecule has 0 spiro atoms. The Labute approximate surface area is 115 Å². The van der Waals surface area contributed by atoms with Crippen LogP contribution in [0.5, 0.6) is 0 Å². The predicted octanol–water partition coefficient (Wildman–Crippen LogP) is 4.69. The number of halogens is 3. The summed E-state index contributed by atoms with van der Waals surface area (Å²) in [5, 5.41) is 1.76. The standard InChI is InChI=1S/C13H10Cl3N/c14-8-5-6-10(12(16)7-8)13(17)9-3-1-2-4-11(9)15/h1-7,13H,17H2. The number of hydrogen-bond acceptors (Lipinski definition) is 1. The SMILES string of the molecule is NC(c1ccccc1Cl)c1ccc(Cl)cc1Cl. The second-order valence-electron chi connectivity index (χ2n) is 3.67. The lowest BCUT2D eigenvalue weighted by Gasteiger charge is -2.15. The van der Waals surface area contributed by atoms with Gasteiger partial charge in [0.1, 0.15) is 0 Å². The van der Waals surface area contributed by atoms with Crippen LogP contribution >= 0.6 is 34.8 Å². The van der Waals surface area contributed by atoms with Crippen molar-refractivity contribution in [3.63, 3.8) is 0 Å². The van der Waals surface area contributed by atoms with Crippen molar-refractivity contribution in [2.75, 3.05) is 0 Å². The summed E-state index contributed by atoms with van der Waals surface area (Å²) in [6, 6.07) is 12.4. The first-order valence-electron chi connectivity index (χ1n) is 5.04. The van der Waals surface area contributed by atoms with Crippen LogP contribution in [-0.4, -0.2) is 0 Å². The molecule has 2 aromatic rings. The minimum Gasteiger partial charge on any atom is -0.320 e. The van der Waals surface area contributed by atoms with E-state index in [0.29, 0.717) is 15.1 Å². The van der Waals surface area contributed by atoms with Gasteiger partial charge in [0.05, 0.1) is 6.04 Å². The lowest BCUT2D eigenvalue weighted by atomic mass is 9.99. The molecule has 0 aliphatic rings. The van der Waals surface area contributed by atoms with Gasteiger partial charge in [-0.15, -0.1) is 0 Å². The number of rotatable bonds is 2. The topological polar surface area (TPSA) is 26.0 Å². The Morgan fingerprint density at radius 3 is 2.12 bits per heavy atom. The van der Waals surface area contributed by atoms with Crippen molar-refractivity contribution in [3.8, 4) is 0 Å². The van der Waals surface area contributed by atoms with Crippen molar-refractivity contribution in [1.29, 1.82) is 0 Å². The van der Waals surface area contributed by atoms with Gasteiger partial charge in [0.2, 0.25) is 0 Å². The maximum absolute atomic E-state index is 6.16. The molecule has 4 heteroatoms. The fraction of sp³-hybridized carbons (Fsp3) is 0.0769. The van der Waals surface area contributed by atoms with Gasteiger partial charge in [-0.25, -0.2) is 0 Å². The van der Waals surface area contributed by atoms with Gasteiger partial charge >= 0.3 is 0 Å². The van der Waals surface area contributed by atoms with Crippen molar-refractivity contribution < 1.29 is 0 Å². The van der Waals surface area contributed by atoms with E-state index in [1.54, 1.807) is 18.2 Å². The Balaban J connectivity index is 2.44. The predicted molar refractivity (Wildman–Crippen MR) is 73.9 cm³/mol. The van der Waals surface area contributed by atoms with Crippen LogP contribution in [0.1, 0.15) is 17.2 Å². The summed E-state index contributed by atoms with van der Waals surface area (Å²) < 4.78 is 0. The Morgan fingerprint density at radius 1 is 0.824 bits per heavy atom. The monoisotopic (exact) mass is 285 g/mol. The molecule has 2 rings (SSSR count). The number of benzene rings is 2. The average molecular weight is 287 g/mol. The van der Waals surface area contributed by atoms with Gasteiger partial charge in [-0.1, -0.05) is 59.1 Å². The largest absolute Gasteiger partial charge is 0.320 e. The molecule has 1 nitrogen and oxygen atoms in total. The lowest BCUT2D eigenvalue weighted by molar-refractivity contribution is 0.872. The van der Waals surface area contributed by atoms with Crippen LogP contribution in [0.25, 0.3) is 0 Å². The molecule has 0 aliphatic heterocycles. The van der Waals surface area contributed by atoms with Crippen molar-refractivity contribution in [3.05, 3.63) is 68.7 Å².